The topological polar surface area (TPSA) is 77.1 Å². The molecule has 2 aliphatic rings. The molecule has 1 heterocycles. The second-order valence-corrected chi connectivity index (χ2v) is 6.92. The highest BCUT2D eigenvalue weighted by Crippen LogP contribution is 2.56. The van der Waals surface area contributed by atoms with Gasteiger partial charge in [0.1, 0.15) is 17.7 Å². The van der Waals surface area contributed by atoms with Crippen LogP contribution in [0.15, 0.2) is 54.2 Å². The van der Waals surface area contributed by atoms with Crippen LogP contribution < -0.4 is 0 Å². The molecule has 0 aliphatic heterocycles. The Morgan fingerprint density at radius 1 is 1.03 bits per heavy atom. The minimum absolute atomic E-state index is 0.0441. The van der Waals surface area contributed by atoms with Crippen molar-refractivity contribution < 1.29 is 23.4 Å². The van der Waals surface area contributed by atoms with E-state index in [1.54, 1.807) is 30.3 Å². The average molecular weight is 404 g/mol. The summed E-state index contributed by atoms with van der Waals surface area (Å²) in [5.74, 6) is -3.94. The number of halogens is 3. The molecule has 0 fully saturated rings. The summed E-state index contributed by atoms with van der Waals surface area (Å²) in [5, 5.41) is 30.7. The van der Waals surface area contributed by atoms with E-state index < -0.39 is 29.1 Å². The maximum atomic E-state index is 14.7. The van der Waals surface area contributed by atoms with Crippen LogP contribution in [0.3, 0.4) is 0 Å². The second kappa shape index (κ2) is 6.31. The maximum absolute atomic E-state index is 14.7. The summed E-state index contributed by atoms with van der Waals surface area (Å²) in [6.07, 6.45) is 0.805. The van der Waals surface area contributed by atoms with E-state index in [2.05, 4.69) is 4.98 Å². The molecule has 146 valence electrons. The first kappa shape index (κ1) is 18.2. The number of aliphatic hydroxyl groups is 1. The number of pyridine rings is 1. The van der Waals surface area contributed by atoms with Crippen LogP contribution in [-0.2, 0) is 0 Å². The summed E-state index contributed by atoms with van der Waals surface area (Å²) >= 11 is 0. The number of aliphatic hydroxyl groups excluding tert-OH is 1. The first-order valence-corrected chi connectivity index (χ1v) is 8.94. The third-order valence-electron chi connectivity index (χ3n) is 5.42. The number of phenols is 1. The van der Waals surface area contributed by atoms with Gasteiger partial charge in [0.25, 0.3) is 0 Å². The molecule has 5 rings (SSSR count). The number of aromatic hydroxyl groups is 1. The number of fused-ring (bicyclic) bond motifs is 4. The molecule has 0 spiro atoms. The molecule has 1 aromatic heterocycles. The van der Waals surface area contributed by atoms with Gasteiger partial charge in [-0.05, 0) is 23.3 Å². The van der Waals surface area contributed by atoms with Crippen molar-refractivity contribution in [2.24, 2.45) is 0 Å². The van der Waals surface area contributed by atoms with E-state index in [0.717, 1.165) is 6.08 Å². The van der Waals surface area contributed by atoms with Gasteiger partial charge in [-0.25, -0.2) is 13.2 Å². The summed E-state index contributed by atoms with van der Waals surface area (Å²) in [6, 6.07) is 10.3. The van der Waals surface area contributed by atoms with Gasteiger partial charge in [0.15, 0.2) is 11.6 Å². The number of rotatable bonds is 0. The fraction of sp³-hybridized carbons (Fsp3) is 0.0435. The fourth-order valence-electron chi connectivity index (χ4n) is 4.30. The van der Waals surface area contributed by atoms with Crippen molar-refractivity contribution in [1.29, 1.82) is 5.26 Å². The molecule has 7 heteroatoms. The molecule has 2 aliphatic carbocycles. The minimum atomic E-state index is -1.72. The molecule has 0 saturated carbocycles. The van der Waals surface area contributed by atoms with Gasteiger partial charge in [0.05, 0.1) is 17.3 Å². The summed E-state index contributed by atoms with van der Waals surface area (Å²) in [5.41, 5.74) is 1.29. The molecule has 3 aromatic rings. The molecule has 0 radical (unpaired) electrons. The lowest BCUT2D eigenvalue weighted by Gasteiger charge is -2.13. The Labute approximate surface area is 168 Å². The molecule has 0 bridgehead atoms. The maximum Gasteiger partial charge on any atom is 0.165 e. The van der Waals surface area contributed by atoms with E-state index in [1.807, 2.05) is 0 Å². The molecule has 1 atom stereocenters. The summed E-state index contributed by atoms with van der Waals surface area (Å²) in [6.45, 7) is 0. The molecule has 2 N–H and O–H groups in total. The Morgan fingerprint density at radius 2 is 1.80 bits per heavy atom. The number of phenolic OH excluding ortho intramolecular Hbond substituents is 1. The summed E-state index contributed by atoms with van der Waals surface area (Å²) < 4.78 is 43.1. The van der Waals surface area contributed by atoms with Crippen molar-refractivity contribution in [3.63, 3.8) is 0 Å². The van der Waals surface area contributed by atoms with Crippen LogP contribution in [-0.4, -0.2) is 15.2 Å². The number of aromatic nitrogens is 1. The predicted octanol–water partition coefficient (Wildman–Crippen LogP) is 4.64. The Balaban J connectivity index is 1.95. The lowest BCUT2D eigenvalue weighted by atomic mass is 9.92. The zero-order valence-corrected chi connectivity index (χ0v) is 15.1. The van der Waals surface area contributed by atoms with Gasteiger partial charge in [0.2, 0.25) is 0 Å². The van der Waals surface area contributed by atoms with Crippen LogP contribution in [0.1, 0.15) is 28.4 Å². The van der Waals surface area contributed by atoms with Crippen LogP contribution >= 0.6 is 0 Å². The monoisotopic (exact) mass is 404 g/mol. The number of nitriles is 1. The van der Waals surface area contributed by atoms with Crippen LogP contribution in [0, 0.1) is 28.8 Å². The zero-order valence-electron chi connectivity index (χ0n) is 15.1. The standard InChI is InChI=1S/C23H11F3N2O2/c24-13-9-14(25)21(26)20-17(13)11(6-7-27)19(23(20)30)16-10-3-1-5-15(29)18(10)22-12(16)4-2-8-28-22/h1-6,8-9,23,29-30H/b11-6+,19-16-. The summed E-state index contributed by atoms with van der Waals surface area (Å²) in [4.78, 5) is 4.31. The highest BCUT2D eigenvalue weighted by atomic mass is 19.2. The van der Waals surface area contributed by atoms with Gasteiger partial charge in [-0.3, -0.25) is 4.98 Å². The van der Waals surface area contributed by atoms with Crippen molar-refractivity contribution in [2.45, 2.75) is 6.10 Å². The molecule has 2 aromatic carbocycles. The predicted molar refractivity (Wildman–Crippen MR) is 102 cm³/mol. The van der Waals surface area contributed by atoms with Gasteiger partial charge in [-0.2, -0.15) is 5.26 Å². The largest absolute Gasteiger partial charge is 0.507 e. The smallest absolute Gasteiger partial charge is 0.165 e. The van der Waals surface area contributed by atoms with Crippen molar-refractivity contribution in [3.05, 3.63) is 93.9 Å². The van der Waals surface area contributed by atoms with Gasteiger partial charge in [-0.15, -0.1) is 0 Å². The minimum Gasteiger partial charge on any atom is -0.507 e. The SMILES string of the molecule is N#C/C=C1/C(=C2/c3cccnc3-c3c(O)cccc32)C(O)c2c(F)c(F)cc(F)c21. The van der Waals surface area contributed by atoms with Gasteiger partial charge in [0, 0.05) is 46.2 Å². The molecule has 0 saturated heterocycles. The second-order valence-electron chi connectivity index (χ2n) is 6.92. The number of benzene rings is 2. The quantitative estimate of drug-likeness (QED) is 0.331. The van der Waals surface area contributed by atoms with E-state index in [1.165, 1.54) is 12.3 Å². The summed E-state index contributed by atoms with van der Waals surface area (Å²) in [7, 11) is 0. The number of nitrogens with zero attached hydrogens (tertiary/aromatic N) is 2. The van der Waals surface area contributed by atoms with Crippen LogP contribution in [0.25, 0.3) is 22.4 Å². The number of hydrogen-bond donors (Lipinski definition) is 2. The first-order valence-electron chi connectivity index (χ1n) is 8.94. The van der Waals surface area contributed by atoms with E-state index in [0.29, 0.717) is 34.0 Å². The zero-order chi connectivity index (χ0) is 21.2. The van der Waals surface area contributed by atoms with Crippen LogP contribution in [0.5, 0.6) is 5.75 Å². The van der Waals surface area contributed by atoms with Gasteiger partial charge < -0.3 is 10.2 Å². The van der Waals surface area contributed by atoms with Gasteiger partial charge >= 0.3 is 0 Å². The molecular formula is C23H11F3N2O2. The Hall–Kier alpha value is -3.89. The van der Waals surface area contributed by atoms with Crippen LogP contribution in [0.4, 0.5) is 13.2 Å². The van der Waals surface area contributed by atoms with Crippen molar-refractivity contribution in [1.82, 2.24) is 4.98 Å². The number of hydrogen-bond acceptors (Lipinski definition) is 4. The van der Waals surface area contributed by atoms with E-state index in [4.69, 9.17) is 0 Å². The first-order chi connectivity index (χ1) is 14.5. The fourth-order valence-corrected chi connectivity index (χ4v) is 4.30. The highest BCUT2D eigenvalue weighted by Gasteiger charge is 2.41. The molecule has 30 heavy (non-hydrogen) atoms. The molecule has 0 amide bonds. The molecular weight excluding hydrogens is 393 g/mol. The third-order valence-corrected chi connectivity index (χ3v) is 5.42. The molecule has 1 unspecified atom stereocenters. The normalized spacial score (nSPS) is 20.1. The lowest BCUT2D eigenvalue weighted by molar-refractivity contribution is 0.218. The van der Waals surface area contributed by atoms with Crippen LogP contribution in [0.2, 0.25) is 0 Å². The third kappa shape index (κ3) is 2.22. The Morgan fingerprint density at radius 3 is 2.57 bits per heavy atom. The lowest BCUT2D eigenvalue weighted by Crippen LogP contribution is -2.03. The average Bonchev–Trinajstić information content (AvgIpc) is 3.20. The number of allylic oxidation sites excluding steroid dienone is 1. The van der Waals surface area contributed by atoms with Gasteiger partial charge in [-0.1, -0.05) is 18.2 Å². The highest BCUT2D eigenvalue weighted by molar-refractivity contribution is 6.09. The Bertz CT molecular complexity index is 1370. The van der Waals surface area contributed by atoms with E-state index in [9.17, 15) is 28.6 Å². The molecule has 4 nitrogen and oxygen atoms in total. The van der Waals surface area contributed by atoms with Crippen molar-refractivity contribution in [3.8, 4) is 23.1 Å². The Kier molecular flexibility index (Phi) is 3.82. The van der Waals surface area contributed by atoms with E-state index in [-0.39, 0.29) is 22.5 Å². The van der Waals surface area contributed by atoms with Crippen molar-refractivity contribution in [2.75, 3.05) is 0 Å². The van der Waals surface area contributed by atoms with E-state index >= 15 is 0 Å². The van der Waals surface area contributed by atoms with Crippen molar-refractivity contribution >= 4 is 11.1 Å².